The minimum Gasteiger partial charge on any atom is -0.283 e. The highest BCUT2D eigenvalue weighted by atomic mass is 32.1. The first-order valence-electron chi connectivity index (χ1n) is 6.30. The Balaban J connectivity index is 2.03. The summed E-state index contributed by atoms with van der Waals surface area (Å²) in [4.78, 5) is 0. The van der Waals surface area contributed by atoms with Crippen LogP contribution in [0.25, 0.3) is 10.1 Å². The molecule has 1 nitrogen and oxygen atoms in total. The van der Waals surface area contributed by atoms with Gasteiger partial charge in [0, 0.05) is 5.39 Å². The Kier molecular flexibility index (Phi) is 3.25. The van der Waals surface area contributed by atoms with Gasteiger partial charge in [-0.05, 0) is 36.6 Å². The number of aromatic nitrogens is 1. The van der Waals surface area contributed by atoms with E-state index in [1.807, 2.05) is 6.07 Å². The third kappa shape index (κ3) is 2.36. The molecule has 0 bridgehead atoms. The van der Waals surface area contributed by atoms with Gasteiger partial charge in [0.2, 0.25) is 0 Å². The van der Waals surface area contributed by atoms with Crippen LogP contribution in [0.4, 0.5) is 0 Å². The number of hydrogen-bond donors (Lipinski definition) is 0. The zero-order chi connectivity index (χ0) is 13.4. The molecular weight excluding hydrogens is 270 g/mol. The van der Waals surface area contributed by atoms with Crippen molar-refractivity contribution in [1.82, 2.24) is 3.96 Å². The van der Waals surface area contributed by atoms with Crippen LogP contribution in [0, 0.1) is 18.5 Å². The molecule has 1 heterocycles. The molecule has 0 radical (unpaired) electrons. The monoisotopic (exact) mass is 285 g/mol. The number of aryl methyl sites for hydroxylation is 2. The zero-order valence-electron chi connectivity index (χ0n) is 11.0. The molecule has 96 valence electrons. The quantitative estimate of drug-likeness (QED) is 0.593. The lowest BCUT2D eigenvalue weighted by Gasteiger charge is -2.05. The maximum atomic E-state index is 5.56. The molecule has 0 saturated heterocycles. The van der Waals surface area contributed by atoms with Crippen molar-refractivity contribution < 1.29 is 0 Å². The number of benzene rings is 2. The second-order valence-electron chi connectivity index (χ2n) is 4.85. The fourth-order valence-corrected chi connectivity index (χ4v) is 3.64. The molecule has 3 heteroatoms. The Bertz CT molecular complexity index is 796. The van der Waals surface area contributed by atoms with Crippen LogP contribution in [0.15, 0.2) is 42.5 Å². The first-order chi connectivity index (χ1) is 9.15. The predicted molar refractivity (Wildman–Crippen MR) is 85.7 cm³/mol. The van der Waals surface area contributed by atoms with E-state index < -0.39 is 0 Å². The lowest BCUT2D eigenvalue weighted by molar-refractivity contribution is 0.871. The van der Waals surface area contributed by atoms with Gasteiger partial charge >= 0.3 is 0 Å². The van der Waals surface area contributed by atoms with Gasteiger partial charge in [-0.2, -0.15) is 0 Å². The average Bonchev–Trinajstić information content (AvgIpc) is 2.72. The van der Waals surface area contributed by atoms with E-state index in [2.05, 4.69) is 54.2 Å². The van der Waals surface area contributed by atoms with Crippen LogP contribution in [-0.4, -0.2) is 3.96 Å². The molecule has 0 aliphatic rings. The van der Waals surface area contributed by atoms with Gasteiger partial charge in [0.05, 0.1) is 11.2 Å². The van der Waals surface area contributed by atoms with Gasteiger partial charge < -0.3 is 0 Å². The maximum absolute atomic E-state index is 5.56. The van der Waals surface area contributed by atoms with E-state index >= 15 is 0 Å². The second kappa shape index (κ2) is 4.91. The van der Waals surface area contributed by atoms with E-state index in [-0.39, 0.29) is 0 Å². The van der Waals surface area contributed by atoms with Gasteiger partial charge in [-0.25, -0.2) is 0 Å². The summed E-state index contributed by atoms with van der Waals surface area (Å²) in [5.41, 5.74) is 3.99. The maximum Gasteiger partial charge on any atom is 0.124 e. The number of rotatable bonds is 2. The third-order valence-electron chi connectivity index (χ3n) is 3.45. The molecule has 0 atom stereocenters. The molecule has 0 saturated carbocycles. The molecule has 0 N–H and O–H groups in total. The molecule has 0 amide bonds. The van der Waals surface area contributed by atoms with Crippen LogP contribution in [0.5, 0.6) is 0 Å². The van der Waals surface area contributed by atoms with Gasteiger partial charge in [-0.1, -0.05) is 60.1 Å². The highest BCUT2D eigenvalue weighted by Gasteiger charge is 2.05. The Morgan fingerprint density at radius 1 is 1.05 bits per heavy atom. The molecule has 0 aliphatic heterocycles. The summed E-state index contributed by atoms with van der Waals surface area (Å²) < 4.78 is 4.40. The summed E-state index contributed by atoms with van der Waals surface area (Å²) in [7, 11) is 0. The molecule has 3 rings (SSSR count). The summed E-state index contributed by atoms with van der Waals surface area (Å²) in [6.07, 6.45) is 0. The number of fused-ring (bicyclic) bond motifs is 1. The Hall–Kier alpha value is -1.45. The van der Waals surface area contributed by atoms with Crippen LogP contribution >= 0.6 is 23.8 Å². The summed E-state index contributed by atoms with van der Waals surface area (Å²) >= 11 is 7.30. The lowest BCUT2D eigenvalue weighted by atomic mass is 10.1. The molecule has 3 aromatic rings. The minimum atomic E-state index is 0.860. The van der Waals surface area contributed by atoms with Crippen molar-refractivity contribution in [2.24, 2.45) is 0 Å². The number of hydrogen-bond acceptors (Lipinski definition) is 2. The lowest BCUT2D eigenvalue weighted by Crippen LogP contribution is -1.96. The summed E-state index contributed by atoms with van der Waals surface area (Å²) in [5, 5.41) is 1.19. The average molecular weight is 285 g/mol. The topological polar surface area (TPSA) is 4.93 Å². The van der Waals surface area contributed by atoms with Gasteiger partial charge in [0.1, 0.15) is 4.64 Å². The van der Waals surface area contributed by atoms with Gasteiger partial charge in [-0.3, -0.25) is 3.96 Å². The van der Waals surface area contributed by atoms with Crippen molar-refractivity contribution in [1.29, 1.82) is 0 Å². The minimum absolute atomic E-state index is 0.860. The first-order valence-corrected chi connectivity index (χ1v) is 7.48. The molecule has 2 aromatic carbocycles. The molecular formula is C16H15NS2. The van der Waals surface area contributed by atoms with E-state index in [0.717, 1.165) is 11.2 Å². The van der Waals surface area contributed by atoms with E-state index in [1.165, 1.54) is 26.8 Å². The van der Waals surface area contributed by atoms with Gasteiger partial charge in [0.25, 0.3) is 0 Å². The highest BCUT2D eigenvalue weighted by molar-refractivity contribution is 7.71. The summed E-state index contributed by atoms with van der Waals surface area (Å²) in [6.45, 7) is 5.16. The third-order valence-corrected chi connectivity index (χ3v) is 5.09. The zero-order valence-corrected chi connectivity index (χ0v) is 12.6. The summed E-state index contributed by atoms with van der Waals surface area (Å²) in [5.74, 6) is 0. The highest BCUT2D eigenvalue weighted by Crippen LogP contribution is 2.24. The second-order valence-corrected chi connectivity index (χ2v) is 6.30. The fraction of sp³-hybridized carbons (Fsp3) is 0.188. The van der Waals surface area contributed by atoms with Crippen LogP contribution in [0.3, 0.4) is 0 Å². The standard InChI is InChI=1S/C16H15NS2/c1-11-7-8-13(9-12(11)2)10-17-16(18)14-5-3-4-6-15(14)19-17/h3-9H,10H2,1-2H3. The van der Waals surface area contributed by atoms with Crippen LogP contribution in [0.1, 0.15) is 16.7 Å². The van der Waals surface area contributed by atoms with Crippen LogP contribution in [-0.2, 0) is 6.54 Å². The largest absolute Gasteiger partial charge is 0.283 e. The van der Waals surface area contributed by atoms with Crippen molar-refractivity contribution >= 4 is 33.8 Å². The fourth-order valence-electron chi connectivity index (χ4n) is 2.19. The smallest absolute Gasteiger partial charge is 0.124 e. The van der Waals surface area contributed by atoms with Crippen molar-refractivity contribution in [2.75, 3.05) is 0 Å². The molecule has 1 aromatic heterocycles. The predicted octanol–water partition coefficient (Wildman–Crippen LogP) is 5.10. The first kappa shape index (κ1) is 12.6. The van der Waals surface area contributed by atoms with E-state index in [4.69, 9.17) is 12.2 Å². The van der Waals surface area contributed by atoms with E-state index in [9.17, 15) is 0 Å². The SMILES string of the molecule is Cc1ccc(Cn2sc3ccccc3c2=S)cc1C. The van der Waals surface area contributed by atoms with Crippen molar-refractivity contribution in [3.63, 3.8) is 0 Å². The van der Waals surface area contributed by atoms with Crippen molar-refractivity contribution in [3.05, 3.63) is 63.8 Å². The Morgan fingerprint density at radius 3 is 2.58 bits per heavy atom. The van der Waals surface area contributed by atoms with Crippen molar-refractivity contribution in [2.45, 2.75) is 20.4 Å². The Morgan fingerprint density at radius 2 is 1.84 bits per heavy atom. The van der Waals surface area contributed by atoms with Crippen LogP contribution < -0.4 is 0 Å². The van der Waals surface area contributed by atoms with Gasteiger partial charge in [-0.15, -0.1) is 0 Å². The van der Waals surface area contributed by atoms with Crippen LogP contribution in [0.2, 0.25) is 0 Å². The molecule has 0 aliphatic carbocycles. The number of nitrogens with zero attached hydrogens (tertiary/aromatic N) is 1. The normalized spacial score (nSPS) is 11.1. The van der Waals surface area contributed by atoms with Gasteiger partial charge in [0.15, 0.2) is 0 Å². The molecule has 19 heavy (non-hydrogen) atoms. The summed E-state index contributed by atoms with van der Waals surface area (Å²) in [6, 6.07) is 15.0. The Labute approximate surface area is 122 Å². The molecule has 0 fully saturated rings. The van der Waals surface area contributed by atoms with Crippen molar-refractivity contribution in [3.8, 4) is 0 Å². The van der Waals surface area contributed by atoms with E-state index in [1.54, 1.807) is 11.5 Å². The molecule has 0 spiro atoms. The molecule has 0 unspecified atom stereocenters. The van der Waals surface area contributed by atoms with E-state index in [0.29, 0.717) is 0 Å².